The van der Waals surface area contributed by atoms with E-state index >= 15 is 0 Å². The van der Waals surface area contributed by atoms with Crippen molar-refractivity contribution in [3.8, 4) is 0 Å². The zero-order valence-electron chi connectivity index (χ0n) is 21.3. The fraction of sp³-hybridized carbons (Fsp3) is 0.739. The van der Waals surface area contributed by atoms with Crippen molar-refractivity contribution >= 4 is 35.3 Å². The van der Waals surface area contributed by atoms with Gasteiger partial charge in [0.2, 0.25) is 29.5 Å². The molecule has 0 radical (unpaired) electrons. The molecule has 3 atom stereocenters. The molecule has 0 saturated carbocycles. The lowest BCUT2D eigenvalue weighted by Gasteiger charge is -2.20. The van der Waals surface area contributed by atoms with Crippen LogP contribution in [-0.4, -0.2) is 73.1 Å². The van der Waals surface area contributed by atoms with Crippen LogP contribution in [0.4, 0.5) is 0 Å². The van der Waals surface area contributed by atoms with Crippen LogP contribution in [0.1, 0.15) is 72.6 Å². The Morgan fingerprint density at radius 3 is 2.06 bits per heavy atom. The third-order valence-corrected chi connectivity index (χ3v) is 5.06. The SMILES string of the molecule is CCCNCC(=O)NC(CCCNC(=O)CCC(NC(=O)C(C)NC(C)=O)C(=O)CCC)C(N)=O. The third kappa shape index (κ3) is 15.5. The number of nitrogens with two attached hydrogens (primary N) is 1. The van der Waals surface area contributed by atoms with Gasteiger partial charge in [0.15, 0.2) is 5.78 Å². The molecule has 3 unspecified atom stereocenters. The average Bonchev–Trinajstić information content (AvgIpc) is 2.78. The highest BCUT2D eigenvalue weighted by molar-refractivity contribution is 5.92. The quantitative estimate of drug-likeness (QED) is 0.123. The number of primary amides is 1. The molecule has 5 amide bonds. The Labute approximate surface area is 207 Å². The first-order chi connectivity index (χ1) is 16.5. The van der Waals surface area contributed by atoms with Crippen LogP contribution in [0.5, 0.6) is 0 Å². The smallest absolute Gasteiger partial charge is 0.242 e. The first kappa shape index (κ1) is 32.0. The molecule has 12 heteroatoms. The second kappa shape index (κ2) is 18.3. The molecule has 35 heavy (non-hydrogen) atoms. The lowest BCUT2D eigenvalue weighted by atomic mass is 10.0. The summed E-state index contributed by atoms with van der Waals surface area (Å²) in [5.41, 5.74) is 5.35. The highest BCUT2D eigenvalue weighted by Crippen LogP contribution is 2.05. The molecule has 0 aromatic carbocycles. The lowest BCUT2D eigenvalue weighted by Crippen LogP contribution is -2.50. The van der Waals surface area contributed by atoms with Gasteiger partial charge >= 0.3 is 0 Å². The molecule has 0 aromatic heterocycles. The van der Waals surface area contributed by atoms with Gasteiger partial charge < -0.3 is 32.3 Å². The molecule has 7 N–H and O–H groups in total. The van der Waals surface area contributed by atoms with Gasteiger partial charge in [-0.2, -0.15) is 0 Å². The van der Waals surface area contributed by atoms with E-state index in [0.717, 1.165) is 6.42 Å². The summed E-state index contributed by atoms with van der Waals surface area (Å²) in [5.74, 6) is -2.34. The van der Waals surface area contributed by atoms with Crippen molar-refractivity contribution in [2.75, 3.05) is 19.6 Å². The van der Waals surface area contributed by atoms with Gasteiger partial charge in [-0.1, -0.05) is 13.8 Å². The van der Waals surface area contributed by atoms with Gasteiger partial charge in [-0.25, -0.2) is 0 Å². The third-order valence-electron chi connectivity index (χ3n) is 5.06. The van der Waals surface area contributed by atoms with Crippen molar-refractivity contribution in [3.63, 3.8) is 0 Å². The van der Waals surface area contributed by atoms with E-state index in [2.05, 4.69) is 26.6 Å². The summed E-state index contributed by atoms with van der Waals surface area (Å²) < 4.78 is 0. The average molecular weight is 499 g/mol. The second-order valence-corrected chi connectivity index (χ2v) is 8.43. The maximum absolute atomic E-state index is 12.4. The van der Waals surface area contributed by atoms with Crippen LogP contribution in [0.15, 0.2) is 0 Å². The predicted octanol–water partition coefficient (Wildman–Crippen LogP) is -0.989. The van der Waals surface area contributed by atoms with Gasteiger partial charge in [0.1, 0.15) is 12.1 Å². The summed E-state index contributed by atoms with van der Waals surface area (Å²) in [6, 6.07) is -2.47. The van der Waals surface area contributed by atoms with Crippen LogP contribution in [-0.2, 0) is 28.8 Å². The van der Waals surface area contributed by atoms with E-state index in [-0.39, 0.29) is 62.3 Å². The van der Waals surface area contributed by atoms with Crippen molar-refractivity contribution in [2.45, 2.75) is 90.8 Å². The zero-order chi connectivity index (χ0) is 26.8. The minimum atomic E-state index is -0.834. The summed E-state index contributed by atoms with van der Waals surface area (Å²) in [4.78, 5) is 71.5. The first-order valence-electron chi connectivity index (χ1n) is 12.2. The van der Waals surface area contributed by atoms with Gasteiger partial charge in [-0.15, -0.1) is 0 Å². The number of carbonyl (C=O) groups excluding carboxylic acids is 6. The van der Waals surface area contributed by atoms with E-state index in [1.807, 2.05) is 13.8 Å². The second-order valence-electron chi connectivity index (χ2n) is 8.43. The van der Waals surface area contributed by atoms with E-state index in [9.17, 15) is 28.8 Å². The number of hydrogen-bond donors (Lipinski definition) is 6. The minimum absolute atomic E-state index is 0.00794. The fourth-order valence-electron chi connectivity index (χ4n) is 3.21. The molecular weight excluding hydrogens is 456 g/mol. The van der Waals surface area contributed by atoms with Crippen LogP contribution in [0.3, 0.4) is 0 Å². The monoisotopic (exact) mass is 498 g/mol. The van der Waals surface area contributed by atoms with Crippen molar-refractivity contribution in [2.24, 2.45) is 5.73 Å². The maximum atomic E-state index is 12.4. The molecule has 12 nitrogen and oxygen atoms in total. The van der Waals surface area contributed by atoms with Crippen molar-refractivity contribution in [1.82, 2.24) is 26.6 Å². The topological polar surface area (TPSA) is 189 Å². The van der Waals surface area contributed by atoms with Gasteiger partial charge in [-0.05, 0) is 45.6 Å². The Kier molecular flexibility index (Phi) is 16.7. The van der Waals surface area contributed by atoms with Gasteiger partial charge in [0, 0.05) is 26.3 Å². The molecule has 0 saturated heterocycles. The number of ketones is 1. The normalized spacial score (nSPS) is 13.1. The first-order valence-corrected chi connectivity index (χ1v) is 12.2. The molecule has 200 valence electrons. The Bertz CT molecular complexity index is 729. The summed E-state index contributed by atoms with van der Waals surface area (Å²) in [6.45, 7) is 7.64. The van der Waals surface area contributed by atoms with Gasteiger partial charge in [-0.3, -0.25) is 28.8 Å². The number of hydrogen-bond acceptors (Lipinski definition) is 7. The standard InChI is InChI=1S/C23H42N6O6/c1-5-8-19(31)17(29-23(35)15(3)27-16(4)30)10-11-20(32)26-13-7-9-18(22(24)34)28-21(33)14-25-12-6-2/h15,17-18,25H,5-14H2,1-4H3,(H2,24,34)(H,26,32)(H,27,30)(H,28,33)(H,29,35). The van der Waals surface area contributed by atoms with Crippen LogP contribution in [0.25, 0.3) is 0 Å². The molecule has 0 rings (SSSR count). The van der Waals surface area contributed by atoms with E-state index in [0.29, 0.717) is 19.4 Å². The Hall–Kier alpha value is -3.02. The number of Topliss-reactive ketones (excluding diaryl/α,β-unsaturated/α-hetero) is 1. The van der Waals surface area contributed by atoms with Crippen molar-refractivity contribution in [1.29, 1.82) is 0 Å². The zero-order valence-corrected chi connectivity index (χ0v) is 21.3. The number of carbonyl (C=O) groups is 6. The van der Waals surface area contributed by atoms with Crippen LogP contribution >= 0.6 is 0 Å². The predicted molar refractivity (Wildman–Crippen MR) is 131 cm³/mol. The summed E-state index contributed by atoms with van der Waals surface area (Å²) in [5, 5.41) is 13.3. The maximum Gasteiger partial charge on any atom is 0.242 e. The van der Waals surface area contributed by atoms with E-state index in [1.54, 1.807) is 0 Å². The molecule has 0 bridgehead atoms. The van der Waals surface area contributed by atoms with E-state index in [1.165, 1.54) is 13.8 Å². The summed E-state index contributed by atoms with van der Waals surface area (Å²) in [6.07, 6.45) is 2.54. The number of amides is 5. The van der Waals surface area contributed by atoms with Gasteiger partial charge in [0.05, 0.1) is 12.6 Å². The lowest BCUT2D eigenvalue weighted by molar-refractivity contribution is -0.131. The summed E-state index contributed by atoms with van der Waals surface area (Å²) in [7, 11) is 0. The molecule has 0 heterocycles. The Morgan fingerprint density at radius 1 is 0.800 bits per heavy atom. The Morgan fingerprint density at radius 2 is 1.49 bits per heavy atom. The molecule has 0 fully saturated rings. The molecule has 0 aliphatic rings. The van der Waals surface area contributed by atoms with Crippen LogP contribution in [0.2, 0.25) is 0 Å². The highest BCUT2D eigenvalue weighted by atomic mass is 16.2. The number of nitrogens with one attached hydrogen (secondary N) is 5. The molecular formula is C23H42N6O6. The Balaban J connectivity index is 4.56. The van der Waals surface area contributed by atoms with Crippen LogP contribution in [0, 0.1) is 0 Å². The largest absolute Gasteiger partial charge is 0.368 e. The van der Waals surface area contributed by atoms with Gasteiger partial charge in [0.25, 0.3) is 0 Å². The highest BCUT2D eigenvalue weighted by Gasteiger charge is 2.24. The fourth-order valence-corrected chi connectivity index (χ4v) is 3.21. The molecule has 0 aromatic rings. The molecule has 0 aliphatic heterocycles. The van der Waals surface area contributed by atoms with Crippen LogP contribution < -0.4 is 32.3 Å². The minimum Gasteiger partial charge on any atom is -0.368 e. The van der Waals surface area contributed by atoms with E-state index < -0.39 is 29.9 Å². The van der Waals surface area contributed by atoms with Crippen molar-refractivity contribution < 1.29 is 28.8 Å². The molecule has 0 aliphatic carbocycles. The summed E-state index contributed by atoms with van der Waals surface area (Å²) >= 11 is 0. The van der Waals surface area contributed by atoms with E-state index in [4.69, 9.17) is 5.73 Å². The van der Waals surface area contributed by atoms with Crippen molar-refractivity contribution in [3.05, 3.63) is 0 Å². The molecule has 0 spiro atoms. The number of rotatable bonds is 19.